The van der Waals surface area contributed by atoms with Gasteiger partial charge >= 0.3 is 11.6 Å². The molecule has 27 heavy (non-hydrogen) atoms. The molecule has 0 bridgehead atoms. The number of carbonyl (C=O) groups excluding carboxylic acids is 2. The average Bonchev–Trinajstić information content (AvgIpc) is 2.62. The molecule has 0 spiro atoms. The maximum absolute atomic E-state index is 12.0. The number of hydrogen-bond donors (Lipinski definition) is 1. The summed E-state index contributed by atoms with van der Waals surface area (Å²) in [6, 6.07) is 11.1. The van der Waals surface area contributed by atoms with Gasteiger partial charge in [0.2, 0.25) is 0 Å². The predicted molar refractivity (Wildman–Crippen MR) is 101 cm³/mol. The molecule has 2 aromatic carbocycles. The van der Waals surface area contributed by atoms with Gasteiger partial charge < -0.3 is 19.6 Å². The van der Waals surface area contributed by atoms with Gasteiger partial charge in [-0.3, -0.25) is 4.79 Å². The lowest BCUT2D eigenvalue weighted by molar-refractivity contribution is -0.136. The number of carbonyl (C=O) groups is 2. The third-order valence-corrected chi connectivity index (χ3v) is 4.58. The molecule has 1 heterocycles. The smallest absolute Gasteiger partial charge is 0.349 e. The first kappa shape index (κ1) is 18.7. The van der Waals surface area contributed by atoms with Gasteiger partial charge in [0.25, 0.3) is 5.91 Å². The van der Waals surface area contributed by atoms with Crippen LogP contribution in [0.1, 0.15) is 15.9 Å². The molecule has 0 fully saturated rings. The second kappa shape index (κ2) is 7.63. The van der Waals surface area contributed by atoms with Gasteiger partial charge in [-0.25, -0.2) is 9.59 Å². The average molecular weight is 432 g/mol. The number of halogens is 1. The quantitative estimate of drug-likeness (QED) is 0.377. The molecule has 138 valence electrons. The van der Waals surface area contributed by atoms with Crippen LogP contribution in [0.3, 0.4) is 0 Å². The van der Waals surface area contributed by atoms with Crippen molar-refractivity contribution in [3.63, 3.8) is 0 Å². The lowest BCUT2D eigenvalue weighted by Gasteiger charge is -2.08. The van der Waals surface area contributed by atoms with Gasteiger partial charge in [-0.05, 0) is 48.9 Å². The number of aryl methyl sites for hydroxylation is 1. The van der Waals surface area contributed by atoms with Crippen molar-refractivity contribution in [1.82, 2.24) is 0 Å². The molecule has 0 atom stereocenters. The molecule has 3 rings (SSSR count). The molecule has 0 saturated carbocycles. The first-order valence-electron chi connectivity index (χ1n) is 7.81. The maximum atomic E-state index is 12.0. The normalized spacial score (nSPS) is 10.6. The summed E-state index contributed by atoms with van der Waals surface area (Å²) in [5.41, 5.74) is 5.16. The topological polar surface area (TPSA) is 109 Å². The zero-order valence-corrected chi connectivity index (χ0v) is 15.7. The van der Waals surface area contributed by atoms with E-state index < -0.39 is 17.5 Å². The van der Waals surface area contributed by atoms with Gasteiger partial charge in [0.1, 0.15) is 22.6 Å². The molecular formula is C19H14BrNO6. The third kappa shape index (κ3) is 4.35. The van der Waals surface area contributed by atoms with Crippen LogP contribution in [-0.2, 0) is 4.79 Å². The van der Waals surface area contributed by atoms with Crippen LogP contribution in [0.15, 0.2) is 56.1 Å². The molecule has 8 heteroatoms. The molecule has 1 amide bonds. The summed E-state index contributed by atoms with van der Waals surface area (Å²) in [5.74, 6) is -0.776. The van der Waals surface area contributed by atoms with Crippen LogP contribution >= 0.6 is 15.9 Å². The summed E-state index contributed by atoms with van der Waals surface area (Å²) < 4.78 is 16.6. The molecule has 0 aliphatic heterocycles. The zero-order valence-electron chi connectivity index (χ0n) is 14.2. The Hall–Kier alpha value is -3.13. The number of amides is 1. The molecule has 1 aromatic heterocycles. The van der Waals surface area contributed by atoms with E-state index in [4.69, 9.17) is 19.6 Å². The van der Waals surface area contributed by atoms with Crippen molar-refractivity contribution in [2.45, 2.75) is 6.92 Å². The van der Waals surface area contributed by atoms with Crippen molar-refractivity contribution < 1.29 is 23.5 Å². The summed E-state index contributed by atoms with van der Waals surface area (Å²) in [4.78, 5) is 34.9. The van der Waals surface area contributed by atoms with E-state index in [0.29, 0.717) is 11.1 Å². The second-order valence-corrected chi connectivity index (χ2v) is 6.54. The van der Waals surface area contributed by atoms with E-state index in [1.165, 1.54) is 18.2 Å². The Bertz CT molecular complexity index is 1110. The van der Waals surface area contributed by atoms with Crippen LogP contribution in [0.2, 0.25) is 0 Å². The highest BCUT2D eigenvalue weighted by Gasteiger charge is 2.12. The van der Waals surface area contributed by atoms with E-state index in [1.54, 1.807) is 18.2 Å². The van der Waals surface area contributed by atoms with Crippen LogP contribution in [-0.4, -0.2) is 18.5 Å². The predicted octanol–water partition coefficient (Wildman–Crippen LogP) is 2.95. The monoisotopic (exact) mass is 431 g/mol. The van der Waals surface area contributed by atoms with Crippen LogP contribution in [0.4, 0.5) is 0 Å². The van der Waals surface area contributed by atoms with Gasteiger partial charge in [-0.2, -0.15) is 0 Å². The number of rotatable bonds is 5. The van der Waals surface area contributed by atoms with Crippen LogP contribution < -0.4 is 20.8 Å². The third-order valence-electron chi connectivity index (χ3n) is 3.69. The second-order valence-electron chi connectivity index (χ2n) is 5.69. The zero-order chi connectivity index (χ0) is 19.6. The molecule has 7 nitrogen and oxygen atoms in total. The first-order valence-corrected chi connectivity index (χ1v) is 8.60. The van der Waals surface area contributed by atoms with Gasteiger partial charge in [0.05, 0.1) is 0 Å². The van der Waals surface area contributed by atoms with Gasteiger partial charge in [0, 0.05) is 15.9 Å². The lowest BCUT2D eigenvalue weighted by Crippen LogP contribution is -2.20. The number of primary amides is 1. The molecule has 0 radical (unpaired) electrons. The summed E-state index contributed by atoms with van der Waals surface area (Å²) >= 11 is 3.39. The van der Waals surface area contributed by atoms with E-state index in [2.05, 4.69) is 15.9 Å². The Morgan fingerprint density at radius 3 is 2.56 bits per heavy atom. The minimum absolute atomic E-state index is 0.166. The van der Waals surface area contributed by atoms with E-state index in [0.717, 1.165) is 10.0 Å². The summed E-state index contributed by atoms with van der Waals surface area (Å²) in [7, 11) is 0. The van der Waals surface area contributed by atoms with Crippen molar-refractivity contribution in [3.8, 4) is 11.5 Å². The number of hydrogen-bond acceptors (Lipinski definition) is 6. The molecule has 0 saturated heterocycles. The number of nitrogens with two attached hydrogens (primary N) is 1. The standard InChI is InChI=1S/C19H14BrNO6/c1-10-6-12(4-5-15(10)20)25-9-17(22)26-13-3-2-11-7-14(18(21)23)19(24)27-16(11)8-13/h2-8H,9H2,1H3,(H2,21,23). The molecular weight excluding hydrogens is 418 g/mol. The fourth-order valence-corrected chi connectivity index (χ4v) is 2.58. The minimum atomic E-state index is -0.874. The Labute approximate surface area is 161 Å². The highest BCUT2D eigenvalue weighted by Crippen LogP contribution is 2.22. The molecule has 3 aromatic rings. The molecule has 0 aliphatic rings. The van der Waals surface area contributed by atoms with Crippen molar-refractivity contribution in [2.24, 2.45) is 5.73 Å². The summed E-state index contributed by atoms with van der Waals surface area (Å²) in [6.07, 6.45) is 0. The van der Waals surface area contributed by atoms with E-state index in [9.17, 15) is 14.4 Å². The van der Waals surface area contributed by atoms with Crippen LogP contribution in [0.5, 0.6) is 11.5 Å². The number of esters is 1. The molecule has 0 aliphatic carbocycles. The fourth-order valence-electron chi connectivity index (χ4n) is 2.34. The van der Waals surface area contributed by atoms with Crippen LogP contribution in [0, 0.1) is 6.92 Å². The highest BCUT2D eigenvalue weighted by molar-refractivity contribution is 9.10. The van der Waals surface area contributed by atoms with E-state index >= 15 is 0 Å². The van der Waals surface area contributed by atoms with Crippen molar-refractivity contribution in [3.05, 3.63) is 68.5 Å². The fraction of sp³-hybridized carbons (Fsp3) is 0.105. The van der Waals surface area contributed by atoms with Gasteiger partial charge in [-0.1, -0.05) is 15.9 Å². The Morgan fingerprint density at radius 1 is 1.11 bits per heavy atom. The van der Waals surface area contributed by atoms with Gasteiger partial charge in [-0.15, -0.1) is 0 Å². The number of benzene rings is 2. The van der Waals surface area contributed by atoms with Crippen molar-refractivity contribution in [1.29, 1.82) is 0 Å². The maximum Gasteiger partial charge on any atom is 0.349 e. The largest absolute Gasteiger partial charge is 0.482 e. The molecule has 2 N–H and O–H groups in total. The summed E-state index contributed by atoms with van der Waals surface area (Å²) in [6.45, 7) is 1.62. The molecule has 0 unspecified atom stereocenters. The van der Waals surface area contributed by atoms with Gasteiger partial charge in [0.15, 0.2) is 6.61 Å². The first-order chi connectivity index (χ1) is 12.8. The van der Waals surface area contributed by atoms with Crippen molar-refractivity contribution in [2.75, 3.05) is 6.61 Å². The Morgan fingerprint density at radius 2 is 1.85 bits per heavy atom. The number of fused-ring (bicyclic) bond motifs is 1. The Kier molecular flexibility index (Phi) is 5.27. The minimum Gasteiger partial charge on any atom is -0.482 e. The highest BCUT2D eigenvalue weighted by atomic mass is 79.9. The van der Waals surface area contributed by atoms with E-state index in [-0.39, 0.29) is 23.5 Å². The number of ether oxygens (including phenoxy) is 2. The van der Waals surface area contributed by atoms with Crippen LogP contribution in [0.25, 0.3) is 11.0 Å². The summed E-state index contributed by atoms with van der Waals surface area (Å²) in [5, 5.41) is 0.477. The van der Waals surface area contributed by atoms with E-state index in [1.807, 2.05) is 13.0 Å². The SMILES string of the molecule is Cc1cc(OCC(=O)Oc2ccc3cc(C(N)=O)c(=O)oc3c2)ccc1Br. The Balaban J connectivity index is 1.71. The lowest BCUT2D eigenvalue weighted by atomic mass is 10.2. The van der Waals surface area contributed by atoms with Crippen molar-refractivity contribution >= 4 is 38.8 Å².